The maximum Gasteiger partial charge on any atom is 0.339 e. The van der Waals surface area contributed by atoms with Gasteiger partial charge in [-0.3, -0.25) is 9.78 Å². The van der Waals surface area contributed by atoms with Gasteiger partial charge in [-0.2, -0.15) is 0 Å². The molecule has 180 valence electrons. The summed E-state index contributed by atoms with van der Waals surface area (Å²) in [5, 5.41) is 0. The Balaban J connectivity index is 0.00000220. The zero-order valence-corrected chi connectivity index (χ0v) is 19.9. The van der Waals surface area contributed by atoms with Crippen LogP contribution in [0.4, 0.5) is 0 Å². The third kappa shape index (κ3) is 15.3. The number of esters is 2. The quantitative estimate of drug-likeness (QED) is 0.240. The van der Waals surface area contributed by atoms with Crippen LogP contribution in [0.3, 0.4) is 0 Å². The van der Waals surface area contributed by atoms with Crippen molar-refractivity contribution < 1.29 is 33.3 Å². The number of pyridine rings is 1. The van der Waals surface area contributed by atoms with Crippen molar-refractivity contribution in [1.82, 2.24) is 4.98 Å². The minimum absolute atomic E-state index is 0.0328. The highest BCUT2D eigenvalue weighted by atomic mass is 16.6. The molecule has 8 heteroatoms. The minimum Gasteiger partial charge on any atom is -0.464 e. The Morgan fingerprint density at radius 2 is 1.78 bits per heavy atom. The molecule has 0 fully saturated rings. The Kier molecular flexibility index (Phi) is 16.6. The fourth-order valence-electron chi connectivity index (χ4n) is 2.19. The molecule has 0 spiro atoms. The normalized spacial score (nSPS) is 12.0. The molecule has 1 rings (SSSR count). The van der Waals surface area contributed by atoms with Crippen LogP contribution in [0, 0.1) is 11.8 Å². The lowest BCUT2D eigenvalue weighted by Gasteiger charge is -2.18. The number of carbonyl (C=O) groups is 3. The third-order valence-electron chi connectivity index (χ3n) is 4.13. The lowest BCUT2D eigenvalue weighted by Crippen LogP contribution is -2.26. The molecule has 0 saturated heterocycles. The van der Waals surface area contributed by atoms with Crippen LogP contribution in [-0.4, -0.2) is 62.9 Å². The van der Waals surface area contributed by atoms with Crippen LogP contribution < -0.4 is 0 Å². The zero-order chi connectivity index (χ0) is 24.4. The van der Waals surface area contributed by atoms with Crippen molar-refractivity contribution in [2.45, 2.75) is 40.5 Å². The summed E-state index contributed by atoms with van der Waals surface area (Å²) >= 11 is 0. The largest absolute Gasteiger partial charge is 0.464 e. The van der Waals surface area contributed by atoms with Gasteiger partial charge in [0.2, 0.25) is 0 Å². The average molecular weight is 452 g/mol. The van der Waals surface area contributed by atoms with Crippen molar-refractivity contribution in [2.24, 2.45) is 11.8 Å². The topological polar surface area (TPSA) is 101 Å². The van der Waals surface area contributed by atoms with E-state index in [1.165, 1.54) is 18.9 Å². The van der Waals surface area contributed by atoms with Gasteiger partial charge >= 0.3 is 11.9 Å². The smallest absolute Gasteiger partial charge is 0.339 e. The number of hydrogen-bond donors (Lipinski definition) is 0. The van der Waals surface area contributed by atoms with E-state index in [2.05, 4.69) is 11.6 Å². The van der Waals surface area contributed by atoms with E-state index in [0.29, 0.717) is 18.6 Å². The molecule has 0 N–H and O–H groups in total. The number of aromatic nitrogens is 1. The van der Waals surface area contributed by atoms with Gasteiger partial charge in [0.25, 0.3) is 0 Å². The molecule has 8 nitrogen and oxygen atoms in total. The van der Waals surface area contributed by atoms with Gasteiger partial charge in [0, 0.05) is 37.8 Å². The maximum atomic E-state index is 12.3. The molecule has 1 aromatic rings. The summed E-state index contributed by atoms with van der Waals surface area (Å²) in [6.07, 6.45) is 3.83. The number of Topliss-reactive ketones (excluding diaryl/α,β-unsaturated/α-hetero) is 1. The van der Waals surface area contributed by atoms with E-state index in [1.807, 2.05) is 27.7 Å². The number of ketones is 1. The van der Waals surface area contributed by atoms with Crippen molar-refractivity contribution in [3.05, 3.63) is 42.2 Å². The molecule has 2 atom stereocenters. The fraction of sp³-hybridized carbons (Fsp3) is 0.583. The van der Waals surface area contributed by atoms with Gasteiger partial charge in [0.1, 0.15) is 12.4 Å². The van der Waals surface area contributed by atoms with Crippen molar-refractivity contribution in [3.8, 4) is 0 Å². The van der Waals surface area contributed by atoms with Gasteiger partial charge in [-0.05, 0) is 32.4 Å². The van der Waals surface area contributed by atoms with Gasteiger partial charge in [-0.1, -0.05) is 19.4 Å². The molecule has 32 heavy (non-hydrogen) atoms. The van der Waals surface area contributed by atoms with E-state index in [4.69, 9.17) is 18.9 Å². The maximum absolute atomic E-state index is 12.3. The predicted molar refractivity (Wildman–Crippen MR) is 121 cm³/mol. The van der Waals surface area contributed by atoms with Crippen LogP contribution in [0.1, 0.15) is 50.9 Å². The van der Waals surface area contributed by atoms with E-state index in [9.17, 15) is 14.4 Å². The van der Waals surface area contributed by atoms with E-state index in [1.54, 1.807) is 18.3 Å². The van der Waals surface area contributed by atoms with Crippen LogP contribution in [0.5, 0.6) is 0 Å². The second kappa shape index (κ2) is 18.0. The Bertz CT molecular complexity index is 687. The molecule has 0 aliphatic carbocycles. The number of allylic oxidation sites excluding steroid dienone is 1. The summed E-state index contributed by atoms with van der Waals surface area (Å²) in [5.74, 6) is -1.58. The van der Waals surface area contributed by atoms with Crippen LogP contribution in [0.25, 0.3) is 0 Å². The number of rotatable bonds is 14. The Morgan fingerprint density at radius 3 is 2.34 bits per heavy atom. The Hall–Kier alpha value is -2.58. The Morgan fingerprint density at radius 1 is 1.12 bits per heavy atom. The molecule has 0 radical (unpaired) electrons. The minimum atomic E-state index is -0.546. The van der Waals surface area contributed by atoms with E-state index >= 15 is 0 Å². The molecule has 0 saturated carbocycles. The predicted octanol–water partition coefficient (Wildman–Crippen LogP) is 3.65. The van der Waals surface area contributed by atoms with E-state index in [-0.39, 0.29) is 44.5 Å². The van der Waals surface area contributed by atoms with Gasteiger partial charge in [-0.15, -0.1) is 6.58 Å². The zero-order valence-electron chi connectivity index (χ0n) is 19.9. The van der Waals surface area contributed by atoms with Crippen LogP contribution in [0.2, 0.25) is 0 Å². The van der Waals surface area contributed by atoms with Gasteiger partial charge in [-0.25, -0.2) is 9.59 Å². The van der Waals surface area contributed by atoms with Gasteiger partial charge < -0.3 is 18.9 Å². The lowest BCUT2D eigenvalue weighted by molar-refractivity contribution is -0.151. The SMILES string of the molecule is C=C(C)C.CCC(C)C(=O)CC(COC(=O)COCCOC)COC(=O)c1cccnc1. The molecule has 0 aliphatic heterocycles. The van der Waals surface area contributed by atoms with Crippen LogP contribution in [0.15, 0.2) is 36.7 Å². The highest BCUT2D eigenvalue weighted by Gasteiger charge is 2.21. The van der Waals surface area contributed by atoms with E-state index < -0.39 is 17.9 Å². The van der Waals surface area contributed by atoms with Crippen molar-refractivity contribution in [2.75, 3.05) is 40.1 Å². The summed E-state index contributed by atoms with van der Waals surface area (Å²) in [4.78, 5) is 40.0. The molecule has 0 bridgehead atoms. The molecular weight excluding hydrogens is 414 g/mol. The second-order valence-corrected chi connectivity index (χ2v) is 7.62. The van der Waals surface area contributed by atoms with Crippen molar-refractivity contribution in [3.63, 3.8) is 0 Å². The fourth-order valence-corrected chi connectivity index (χ4v) is 2.19. The number of hydrogen-bond acceptors (Lipinski definition) is 8. The van der Waals surface area contributed by atoms with Gasteiger partial charge in [0.15, 0.2) is 0 Å². The number of ether oxygens (including phenoxy) is 4. The second-order valence-electron chi connectivity index (χ2n) is 7.62. The molecule has 0 amide bonds. The third-order valence-corrected chi connectivity index (χ3v) is 4.13. The van der Waals surface area contributed by atoms with Crippen LogP contribution >= 0.6 is 0 Å². The first-order valence-electron chi connectivity index (χ1n) is 10.6. The first-order chi connectivity index (χ1) is 15.2. The Labute approximate surface area is 191 Å². The lowest BCUT2D eigenvalue weighted by atomic mass is 9.94. The first kappa shape index (κ1) is 29.4. The van der Waals surface area contributed by atoms with Crippen molar-refractivity contribution >= 4 is 17.7 Å². The van der Waals surface area contributed by atoms with Crippen LogP contribution in [-0.2, 0) is 28.5 Å². The standard InChI is InChI=1S/C20H29NO7.C4H8/c1-4-15(2)18(22)10-16(12-27-19(23)14-26-9-8-25-3)13-28-20(24)17-6-5-7-21-11-17;1-4(2)3/h5-7,11,15-16H,4,8-10,12-14H2,1-3H3;1H2,2-3H3. The summed E-state index contributed by atoms with van der Waals surface area (Å²) in [6, 6.07) is 3.22. The summed E-state index contributed by atoms with van der Waals surface area (Å²) in [6.45, 7) is 11.7. The average Bonchev–Trinajstić information content (AvgIpc) is 2.77. The number of carbonyl (C=O) groups excluding carboxylic acids is 3. The first-order valence-corrected chi connectivity index (χ1v) is 10.6. The molecule has 1 aromatic heterocycles. The van der Waals surface area contributed by atoms with Gasteiger partial charge in [0.05, 0.1) is 32.0 Å². The monoisotopic (exact) mass is 451 g/mol. The highest BCUT2D eigenvalue weighted by molar-refractivity contribution is 5.89. The molecular formula is C24H37NO7. The number of methoxy groups -OCH3 is 1. The number of nitrogens with zero attached hydrogens (tertiary/aromatic N) is 1. The molecule has 0 aromatic carbocycles. The summed E-state index contributed by atoms with van der Waals surface area (Å²) in [5.41, 5.74) is 1.48. The summed E-state index contributed by atoms with van der Waals surface area (Å²) < 4.78 is 20.4. The molecule has 0 aliphatic rings. The van der Waals surface area contributed by atoms with E-state index in [0.717, 1.165) is 0 Å². The van der Waals surface area contributed by atoms with Crippen molar-refractivity contribution in [1.29, 1.82) is 0 Å². The summed E-state index contributed by atoms with van der Waals surface area (Å²) in [7, 11) is 1.54. The molecule has 1 heterocycles. The highest BCUT2D eigenvalue weighted by Crippen LogP contribution is 2.14. The molecule has 2 unspecified atom stereocenters.